The maximum atomic E-state index is 12.9. The minimum atomic E-state index is -1.60. The van der Waals surface area contributed by atoms with Gasteiger partial charge in [-0.2, -0.15) is 0 Å². The first kappa shape index (κ1) is 45.9. The minimum Gasteiger partial charge on any atom is -0.394 e. The topological polar surface area (TPSA) is 169 Å². The van der Waals surface area contributed by atoms with Crippen molar-refractivity contribution in [3.05, 3.63) is 12.2 Å². The second-order valence-electron chi connectivity index (χ2n) is 14.2. The molecule has 0 saturated carbocycles. The van der Waals surface area contributed by atoms with E-state index in [0.29, 0.717) is 19.3 Å². The summed E-state index contributed by atoms with van der Waals surface area (Å²) in [5, 5.41) is 64.4. The molecule has 0 radical (unpaired) electrons. The molecule has 1 aliphatic heterocycles. The van der Waals surface area contributed by atoms with Gasteiger partial charge in [0.15, 0.2) is 6.29 Å². The molecule has 1 amide bonds. The van der Waals surface area contributed by atoms with E-state index >= 15 is 0 Å². The monoisotopic (exact) mass is 702 g/mol. The van der Waals surface area contributed by atoms with Crippen LogP contribution in [0.15, 0.2) is 12.2 Å². The lowest BCUT2D eigenvalue weighted by molar-refractivity contribution is -0.302. The molecule has 1 saturated heterocycles. The molecular weight excluding hydrogens is 626 g/mol. The second kappa shape index (κ2) is 30.5. The Morgan fingerprint density at radius 2 is 1.14 bits per heavy atom. The molecule has 8 unspecified atom stereocenters. The van der Waals surface area contributed by atoms with E-state index < -0.39 is 61.5 Å². The van der Waals surface area contributed by atoms with Crippen molar-refractivity contribution in [1.29, 1.82) is 0 Å². The first-order valence-electron chi connectivity index (χ1n) is 20.0. The quantitative estimate of drug-likeness (QED) is 0.0330. The maximum Gasteiger partial charge on any atom is 0.249 e. The molecule has 49 heavy (non-hydrogen) atoms. The first-order valence-corrected chi connectivity index (χ1v) is 20.0. The fourth-order valence-electron chi connectivity index (χ4n) is 6.34. The number of carbonyl (C=O) groups excluding carboxylic acids is 1. The van der Waals surface area contributed by atoms with E-state index in [1.165, 1.54) is 89.9 Å². The predicted octanol–water partition coefficient (Wildman–Crippen LogP) is 5.97. The van der Waals surface area contributed by atoms with Crippen LogP contribution in [0.25, 0.3) is 0 Å². The normalized spacial score (nSPS) is 23.1. The van der Waals surface area contributed by atoms with Crippen molar-refractivity contribution in [1.82, 2.24) is 5.32 Å². The van der Waals surface area contributed by atoms with Crippen molar-refractivity contribution in [3.63, 3.8) is 0 Å². The van der Waals surface area contributed by atoms with E-state index in [-0.39, 0.29) is 6.61 Å². The molecule has 1 fully saturated rings. The Balaban J connectivity index is 2.49. The number of hydrogen-bond acceptors (Lipinski definition) is 9. The fraction of sp³-hybridized carbons (Fsp3) is 0.923. The molecule has 0 aromatic rings. The van der Waals surface area contributed by atoms with Crippen LogP contribution in [-0.2, 0) is 14.3 Å². The third kappa shape index (κ3) is 21.8. The number of carbonyl (C=O) groups is 1. The van der Waals surface area contributed by atoms with Crippen LogP contribution in [0.4, 0.5) is 0 Å². The highest BCUT2D eigenvalue weighted by Gasteiger charge is 2.44. The van der Waals surface area contributed by atoms with Crippen molar-refractivity contribution < 1.29 is 44.9 Å². The smallest absolute Gasteiger partial charge is 0.249 e. The van der Waals surface area contributed by atoms with Gasteiger partial charge in [0.1, 0.15) is 30.5 Å². The Bertz CT molecular complexity index is 798. The summed E-state index contributed by atoms with van der Waals surface area (Å²) in [6.45, 7) is 3.61. The van der Waals surface area contributed by atoms with Crippen LogP contribution in [0.5, 0.6) is 0 Å². The molecule has 1 heterocycles. The number of nitrogens with one attached hydrogen (secondary N) is 1. The third-order valence-electron chi connectivity index (χ3n) is 9.73. The van der Waals surface area contributed by atoms with Gasteiger partial charge < -0.3 is 45.4 Å². The Morgan fingerprint density at radius 1 is 0.673 bits per heavy atom. The lowest BCUT2D eigenvalue weighted by atomic mass is 9.99. The molecular formula is C39H75NO9. The van der Waals surface area contributed by atoms with Crippen molar-refractivity contribution in [2.75, 3.05) is 13.2 Å². The summed E-state index contributed by atoms with van der Waals surface area (Å²) in [6.07, 6.45) is 21.2. The molecule has 0 spiro atoms. The molecule has 8 atom stereocenters. The van der Waals surface area contributed by atoms with Crippen LogP contribution in [0, 0.1) is 0 Å². The molecule has 10 nitrogen and oxygen atoms in total. The molecule has 290 valence electrons. The number of aliphatic hydroxyl groups is 6. The summed E-state index contributed by atoms with van der Waals surface area (Å²) in [6, 6.07) is -0.896. The fourth-order valence-corrected chi connectivity index (χ4v) is 6.34. The van der Waals surface area contributed by atoms with E-state index in [4.69, 9.17) is 9.47 Å². The molecule has 0 aliphatic carbocycles. The van der Waals surface area contributed by atoms with Crippen molar-refractivity contribution >= 4 is 5.91 Å². The van der Waals surface area contributed by atoms with Crippen LogP contribution in [-0.4, -0.2) is 98.7 Å². The predicted molar refractivity (Wildman–Crippen MR) is 195 cm³/mol. The number of rotatable bonds is 32. The SMILES string of the molecule is CCCCCCCCC/C=C\CCCCC(O)C(=O)NC(COC1OC(CO)C(O)C(O)C1O)C(O)CCCCCCCCCCCCC. The van der Waals surface area contributed by atoms with E-state index in [0.717, 1.165) is 44.9 Å². The number of amides is 1. The average molecular weight is 702 g/mol. The van der Waals surface area contributed by atoms with Gasteiger partial charge in [0.25, 0.3) is 0 Å². The zero-order valence-electron chi connectivity index (χ0n) is 31.1. The molecule has 10 heteroatoms. The Kier molecular flexibility index (Phi) is 28.6. The minimum absolute atomic E-state index is 0.260. The van der Waals surface area contributed by atoms with Crippen molar-refractivity contribution in [2.24, 2.45) is 0 Å². The summed E-state index contributed by atoms with van der Waals surface area (Å²) in [5.74, 6) is -0.602. The number of hydrogen-bond donors (Lipinski definition) is 7. The zero-order valence-corrected chi connectivity index (χ0v) is 31.1. The van der Waals surface area contributed by atoms with Gasteiger partial charge in [-0.05, 0) is 38.5 Å². The number of allylic oxidation sites excluding steroid dienone is 2. The van der Waals surface area contributed by atoms with Gasteiger partial charge in [0, 0.05) is 0 Å². The van der Waals surface area contributed by atoms with Crippen LogP contribution >= 0.6 is 0 Å². The summed E-state index contributed by atoms with van der Waals surface area (Å²) in [7, 11) is 0. The van der Waals surface area contributed by atoms with E-state index in [2.05, 4.69) is 31.3 Å². The van der Waals surface area contributed by atoms with Crippen LogP contribution in [0.3, 0.4) is 0 Å². The molecule has 0 aromatic carbocycles. The first-order chi connectivity index (χ1) is 23.8. The maximum absolute atomic E-state index is 12.9. The van der Waals surface area contributed by atoms with Crippen molar-refractivity contribution in [2.45, 2.75) is 217 Å². The molecule has 1 rings (SSSR count). The van der Waals surface area contributed by atoms with E-state index in [1.54, 1.807) is 0 Å². The lowest BCUT2D eigenvalue weighted by Crippen LogP contribution is -2.60. The largest absolute Gasteiger partial charge is 0.394 e. The Morgan fingerprint density at radius 3 is 1.67 bits per heavy atom. The summed E-state index contributed by atoms with van der Waals surface area (Å²) in [5.41, 5.74) is 0. The molecule has 7 N–H and O–H groups in total. The third-order valence-corrected chi connectivity index (χ3v) is 9.73. The Labute approximate surface area is 298 Å². The standard InChI is InChI=1S/C39H75NO9/c1-3-5-7-9-11-13-15-16-18-20-22-24-26-28-33(43)38(47)40-31(30-48-39-37(46)36(45)35(44)34(29-41)49-39)32(42)27-25-23-21-19-17-14-12-10-8-6-4-2/h18,20,31-37,39,41-46H,3-17,19,21-30H2,1-2H3,(H,40,47)/b20-18-. The number of aliphatic hydroxyl groups excluding tert-OH is 6. The number of ether oxygens (including phenoxy) is 2. The highest BCUT2D eigenvalue weighted by atomic mass is 16.7. The highest BCUT2D eigenvalue weighted by molar-refractivity contribution is 5.80. The lowest BCUT2D eigenvalue weighted by Gasteiger charge is -2.40. The van der Waals surface area contributed by atoms with Gasteiger partial charge in [-0.1, -0.05) is 142 Å². The highest BCUT2D eigenvalue weighted by Crippen LogP contribution is 2.23. The van der Waals surface area contributed by atoms with Gasteiger partial charge >= 0.3 is 0 Å². The Hall–Kier alpha value is -1.11. The van der Waals surface area contributed by atoms with Gasteiger partial charge in [0.2, 0.25) is 5.91 Å². The molecule has 1 aliphatic rings. The van der Waals surface area contributed by atoms with Crippen molar-refractivity contribution in [3.8, 4) is 0 Å². The zero-order chi connectivity index (χ0) is 36.1. The second-order valence-corrected chi connectivity index (χ2v) is 14.2. The summed E-state index contributed by atoms with van der Waals surface area (Å²) in [4.78, 5) is 12.9. The average Bonchev–Trinajstić information content (AvgIpc) is 3.10. The number of unbranched alkanes of at least 4 members (excludes halogenated alkanes) is 19. The van der Waals surface area contributed by atoms with Gasteiger partial charge in [-0.15, -0.1) is 0 Å². The van der Waals surface area contributed by atoms with Crippen LogP contribution in [0.2, 0.25) is 0 Å². The van der Waals surface area contributed by atoms with Crippen LogP contribution in [0.1, 0.15) is 168 Å². The van der Waals surface area contributed by atoms with E-state index in [9.17, 15) is 35.4 Å². The van der Waals surface area contributed by atoms with E-state index in [1.807, 2.05) is 0 Å². The summed E-state index contributed by atoms with van der Waals surface area (Å²) >= 11 is 0. The molecule has 0 bridgehead atoms. The summed E-state index contributed by atoms with van der Waals surface area (Å²) < 4.78 is 11.1. The molecule has 0 aromatic heterocycles. The van der Waals surface area contributed by atoms with Crippen LogP contribution < -0.4 is 5.32 Å². The van der Waals surface area contributed by atoms with Gasteiger partial charge in [-0.25, -0.2) is 0 Å². The van der Waals surface area contributed by atoms with Gasteiger partial charge in [-0.3, -0.25) is 4.79 Å². The van der Waals surface area contributed by atoms with Gasteiger partial charge in [0.05, 0.1) is 25.4 Å².